The molecule has 0 spiro atoms. The summed E-state index contributed by atoms with van der Waals surface area (Å²) < 4.78 is 1.08. The van der Waals surface area contributed by atoms with E-state index in [-0.39, 0.29) is 0 Å². The van der Waals surface area contributed by atoms with E-state index in [1.807, 2.05) is 12.4 Å². The molecule has 1 aromatic rings. The molecule has 2 atom stereocenters. The Bertz CT molecular complexity index is 383. The molecule has 1 heterocycles. The van der Waals surface area contributed by atoms with Gasteiger partial charge in [0.1, 0.15) is 0 Å². The number of nitrogens with two attached hydrogens (primary N) is 1. The molecule has 2 N–H and O–H groups in total. The Balaban J connectivity index is 2.24. The first kappa shape index (κ1) is 13.8. The van der Waals surface area contributed by atoms with Gasteiger partial charge in [-0.1, -0.05) is 12.8 Å². The molecule has 1 aromatic heterocycles. The van der Waals surface area contributed by atoms with Gasteiger partial charge < -0.3 is 10.6 Å². The average Bonchev–Trinajstić information content (AvgIpc) is 2.42. The third kappa shape index (κ3) is 2.86. The standard InChI is InChI=1S/C14H22BrN3/c1-2-18(14-7-8-17-10-12(14)15)13-6-4-3-5-11(13)9-16/h7-8,10-11,13H,2-6,9,16H2,1H3. The lowest BCUT2D eigenvalue weighted by Gasteiger charge is -2.41. The van der Waals surface area contributed by atoms with Crippen molar-refractivity contribution in [1.82, 2.24) is 4.98 Å². The van der Waals surface area contributed by atoms with E-state index < -0.39 is 0 Å². The van der Waals surface area contributed by atoms with Crippen LogP contribution in [0.1, 0.15) is 32.6 Å². The second kappa shape index (κ2) is 6.53. The fourth-order valence-electron chi connectivity index (χ4n) is 3.06. The minimum atomic E-state index is 0.576. The first-order valence-corrected chi connectivity index (χ1v) is 7.63. The molecule has 3 nitrogen and oxygen atoms in total. The molecule has 1 saturated carbocycles. The summed E-state index contributed by atoms with van der Waals surface area (Å²) in [6.07, 6.45) is 8.90. The molecule has 1 aliphatic rings. The highest BCUT2D eigenvalue weighted by Gasteiger charge is 2.29. The second-order valence-corrected chi connectivity index (χ2v) is 5.82. The van der Waals surface area contributed by atoms with Crippen LogP contribution in [0.3, 0.4) is 0 Å². The summed E-state index contributed by atoms with van der Waals surface area (Å²) >= 11 is 3.61. The van der Waals surface area contributed by atoms with Crippen molar-refractivity contribution in [2.45, 2.75) is 38.6 Å². The van der Waals surface area contributed by atoms with E-state index >= 15 is 0 Å². The molecule has 0 saturated heterocycles. The van der Waals surface area contributed by atoms with Crippen LogP contribution in [0.2, 0.25) is 0 Å². The molecule has 4 heteroatoms. The third-order valence-electron chi connectivity index (χ3n) is 3.97. The predicted molar refractivity (Wildman–Crippen MR) is 79.8 cm³/mol. The van der Waals surface area contributed by atoms with Gasteiger partial charge in [-0.2, -0.15) is 0 Å². The zero-order valence-corrected chi connectivity index (χ0v) is 12.6. The molecule has 18 heavy (non-hydrogen) atoms. The minimum Gasteiger partial charge on any atom is -0.367 e. The van der Waals surface area contributed by atoms with E-state index in [4.69, 9.17) is 5.73 Å². The van der Waals surface area contributed by atoms with Gasteiger partial charge in [0.15, 0.2) is 0 Å². The maximum atomic E-state index is 5.95. The zero-order chi connectivity index (χ0) is 13.0. The maximum absolute atomic E-state index is 5.95. The van der Waals surface area contributed by atoms with Crippen molar-refractivity contribution in [2.75, 3.05) is 18.0 Å². The Morgan fingerprint density at radius 2 is 2.22 bits per heavy atom. The number of anilines is 1. The lowest BCUT2D eigenvalue weighted by Crippen LogP contribution is -2.45. The van der Waals surface area contributed by atoms with Crippen LogP contribution in [-0.4, -0.2) is 24.1 Å². The Kier molecular flexibility index (Phi) is 5.01. The Labute approximate surface area is 118 Å². The quantitative estimate of drug-likeness (QED) is 0.928. The third-order valence-corrected chi connectivity index (χ3v) is 4.58. The summed E-state index contributed by atoms with van der Waals surface area (Å²) in [6.45, 7) is 4.03. The van der Waals surface area contributed by atoms with Gasteiger partial charge >= 0.3 is 0 Å². The van der Waals surface area contributed by atoms with Crippen molar-refractivity contribution in [3.8, 4) is 0 Å². The van der Waals surface area contributed by atoms with Crippen LogP contribution in [0, 0.1) is 5.92 Å². The van der Waals surface area contributed by atoms with Gasteiger partial charge in [-0.3, -0.25) is 4.98 Å². The molecule has 2 rings (SSSR count). The van der Waals surface area contributed by atoms with Crippen LogP contribution in [0.15, 0.2) is 22.9 Å². The molecular weight excluding hydrogens is 290 g/mol. The smallest absolute Gasteiger partial charge is 0.0592 e. The van der Waals surface area contributed by atoms with E-state index in [1.165, 1.54) is 31.4 Å². The van der Waals surface area contributed by atoms with Crippen LogP contribution in [0.5, 0.6) is 0 Å². The molecular formula is C14H22BrN3. The molecule has 0 amide bonds. The molecule has 0 aromatic carbocycles. The van der Waals surface area contributed by atoms with Crippen molar-refractivity contribution < 1.29 is 0 Å². The summed E-state index contributed by atoms with van der Waals surface area (Å²) in [5, 5.41) is 0. The fraction of sp³-hybridized carbons (Fsp3) is 0.643. The topological polar surface area (TPSA) is 42.2 Å². The predicted octanol–water partition coefficient (Wildman–Crippen LogP) is 3.19. The molecule has 0 radical (unpaired) electrons. The molecule has 100 valence electrons. The Morgan fingerprint density at radius 1 is 1.44 bits per heavy atom. The van der Waals surface area contributed by atoms with Gasteiger partial charge in [0.25, 0.3) is 0 Å². The Morgan fingerprint density at radius 3 is 2.89 bits per heavy atom. The average molecular weight is 312 g/mol. The summed E-state index contributed by atoms with van der Waals surface area (Å²) in [5.41, 5.74) is 7.20. The van der Waals surface area contributed by atoms with Crippen LogP contribution < -0.4 is 10.6 Å². The second-order valence-electron chi connectivity index (χ2n) is 4.96. The van der Waals surface area contributed by atoms with E-state index in [2.05, 4.69) is 38.8 Å². The number of rotatable bonds is 4. The molecule has 1 aliphatic carbocycles. The Hall–Kier alpha value is -0.610. The summed E-state index contributed by atoms with van der Waals surface area (Å²) in [5.74, 6) is 0.624. The number of aromatic nitrogens is 1. The van der Waals surface area contributed by atoms with E-state index in [1.54, 1.807) is 0 Å². The first-order chi connectivity index (χ1) is 8.77. The van der Waals surface area contributed by atoms with Gasteiger partial charge in [0, 0.05) is 25.0 Å². The summed E-state index contributed by atoms with van der Waals surface area (Å²) in [6, 6.07) is 2.67. The van der Waals surface area contributed by atoms with E-state index in [0.717, 1.165) is 17.6 Å². The van der Waals surface area contributed by atoms with Crippen molar-refractivity contribution in [1.29, 1.82) is 0 Å². The normalized spacial score (nSPS) is 23.9. The van der Waals surface area contributed by atoms with Crippen molar-refractivity contribution in [3.63, 3.8) is 0 Å². The van der Waals surface area contributed by atoms with Gasteiger partial charge in [0.05, 0.1) is 10.2 Å². The van der Waals surface area contributed by atoms with Crippen molar-refractivity contribution >= 4 is 21.6 Å². The largest absolute Gasteiger partial charge is 0.367 e. The SMILES string of the molecule is CCN(c1ccncc1Br)C1CCCCC1CN. The number of hydrogen-bond donors (Lipinski definition) is 1. The van der Waals surface area contributed by atoms with Gasteiger partial charge in [-0.15, -0.1) is 0 Å². The summed E-state index contributed by atoms with van der Waals surface area (Å²) in [4.78, 5) is 6.64. The number of pyridine rings is 1. The van der Waals surface area contributed by atoms with Gasteiger partial charge in [-0.05, 0) is 54.2 Å². The molecule has 0 aliphatic heterocycles. The number of hydrogen-bond acceptors (Lipinski definition) is 3. The van der Waals surface area contributed by atoms with E-state index in [9.17, 15) is 0 Å². The highest BCUT2D eigenvalue weighted by atomic mass is 79.9. The van der Waals surface area contributed by atoms with Crippen LogP contribution >= 0.6 is 15.9 Å². The highest BCUT2D eigenvalue weighted by Crippen LogP contribution is 2.34. The molecule has 2 unspecified atom stereocenters. The van der Waals surface area contributed by atoms with Crippen LogP contribution in [-0.2, 0) is 0 Å². The van der Waals surface area contributed by atoms with Gasteiger partial charge in [0.2, 0.25) is 0 Å². The number of nitrogens with zero attached hydrogens (tertiary/aromatic N) is 2. The monoisotopic (exact) mass is 311 g/mol. The summed E-state index contributed by atoms with van der Waals surface area (Å²) in [7, 11) is 0. The first-order valence-electron chi connectivity index (χ1n) is 6.84. The maximum Gasteiger partial charge on any atom is 0.0592 e. The highest BCUT2D eigenvalue weighted by molar-refractivity contribution is 9.10. The minimum absolute atomic E-state index is 0.576. The van der Waals surface area contributed by atoms with E-state index in [0.29, 0.717) is 12.0 Å². The lowest BCUT2D eigenvalue weighted by molar-refractivity contribution is 0.300. The fourth-order valence-corrected chi connectivity index (χ4v) is 3.54. The van der Waals surface area contributed by atoms with Crippen LogP contribution in [0.25, 0.3) is 0 Å². The lowest BCUT2D eigenvalue weighted by atomic mass is 9.83. The van der Waals surface area contributed by atoms with Crippen LogP contribution in [0.4, 0.5) is 5.69 Å². The molecule has 1 fully saturated rings. The van der Waals surface area contributed by atoms with Gasteiger partial charge in [-0.25, -0.2) is 0 Å². The molecule has 0 bridgehead atoms. The van der Waals surface area contributed by atoms with Crippen molar-refractivity contribution in [2.24, 2.45) is 11.7 Å². The van der Waals surface area contributed by atoms with Crippen molar-refractivity contribution in [3.05, 3.63) is 22.9 Å². The zero-order valence-electron chi connectivity index (χ0n) is 11.0. The number of halogens is 1.